The van der Waals surface area contributed by atoms with E-state index in [1.165, 1.54) is 6.42 Å². The molecule has 0 aromatic carbocycles. The molecular formula is C13H26Br2N4. The van der Waals surface area contributed by atoms with Crippen LogP contribution in [0.25, 0.3) is 0 Å². The van der Waals surface area contributed by atoms with E-state index in [4.69, 9.17) is 10.5 Å². The van der Waals surface area contributed by atoms with Gasteiger partial charge in [-0.25, -0.2) is 0 Å². The molecule has 6 heteroatoms. The van der Waals surface area contributed by atoms with Gasteiger partial charge in [-0.15, -0.1) is 0 Å². The molecule has 0 N–H and O–H groups in total. The van der Waals surface area contributed by atoms with Gasteiger partial charge in [0, 0.05) is 0 Å². The number of hydrogen-bond donors (Lipinski definition) is 0. The molecule has 0 radical (unpaired) electrons. The van der Waals surface area contributed by atoms with Crippen molar-refractivity contribution in [2.45, 2.75) is 19.3 Å². The van der Waals surface area contributed by atoms with Gasteiger partial charge >= 0.3 is 0 Å². The number of quaternary nitrogens is 2. The zero-order chi connectivity index (χ0) is 13.4. The van der Waals surface area contributed by atoms with Gasteiger partial charge in [-0.3, -0.25) is 0 Å². The van der Waals surface area contributed by atoms with Crippen LogP contribution in [0, 0.1) is 22.7 Å². The highest BCUT2D eigenvalue weighted by molar-refractivity contribution is 4.67. The average Bonchev–Trinajstić information content (AvgIpc) is 2.16. The predicted octanol–water partition coefficient (Wildman–Crippen LogP) is -4.64. The monoisotopic (exact) mass is 396 g/mol. The Hall–Kier alpha value is -0.140. The second-order valence-electron chi connectivity index (χ2n) is 6.01. The van der Waals surface area contributed by atoms with E-state index in [-0.39, 0.29) is 34.0 Å². The van der Waals surface area contributed by atoms with Gasteiger partial charge < -0.3 is 42.9 Å². The number of nitrogens with zero attached hydrogens (tertiary/aromatic N) is 4. The average molecular weight is 398 g/mol. The standard InChI is InChI=1S/C13H26N4.2BrH/c1-16(2,12-8-14)10-6-5-7-11-17(3,4)13-9-15;;/h5-7,10-13H2,1-4H3;2*1H/q+2;;/p-2. The van der Waals surface area contributed by atoms with E-state index in [0.717, 1.165) is 34.9 Å². The van der Waals surface area contributed by atoms with Crippen molar-refractivity contribution < 1.29 is 42.9 Å². The molecule has 0 saturated heterocycles. The number of nitriles is 2. The fourth-order valence-corrected chi connectivity index (χ4v) is 1.80. The van der Waals surface area contributed by atoms with Crippen LogP contribution in [-0.2, 0) is 0 Å². The molecule has 0 unspecified atom stereocenters. The first kappa shape index (κ1) is 23.9. The summed E-state index contributed by atoms with van der Waals surface area (Å²) in [6, 6.07) is 4.45. The number of hydrogen-bond acceptors (Lipinski definition) is 2. The van der Waals surface area contributed by atoms with Gasteiger partial charge in [0.25, 0.3) is 0 Å². The molecule has 0 aliphatic heterocycles. The minimum absolute atomic E-state index is 0. The lowest BCUT2D eigenvalue weighted by Crippen LogP contribution is -3.00. The minimum atomic E-state index is 0. The van der Waals surface area contributed by atoms with Crippen molar-refractivity contribution in [1.82, 2.24) is 0 Å². The van der Waals surface area contributed by atoms with Crippen molar-refractivity contribution in [3.63, 3.8) is 0 Å². The Morgan fingerprint density at radius 1 is 0.684 bits per heavy atom. The molecule has 4 nitrogen and oxygen atoms in total. The van der Waals surface area contributed by atoms with Crippen LogP contribution in [-0.4, -0.2) is 63.3 Å². The van der Waals surface area contributed by atoms with Gasteiger partial charge in [0.15, 0.2) is 13.1 Å². The van der Waals surface area contributed by atoms with Gasteiger partial charge in [0.2, 0.25) is 0 Å². The highest BCUT2D eigenvalue weighted by Gasteiger charge is 2.15. The molecule has 0 aromatic rings. The number of unbranched alkanes of at least 4 members (excludes halogenated alkanes) is 2. The van der Waals surface area contributed by atoms with Gasteiger partial charge in [-0.1, -0.05) is 0 Å². The lowest BCUT2D eigenvalue weighted by Gasteiger charge is -2.28. The van der Waals surface area contributed by atoms with Gasteiger partial charge in [-0.2, -0.15) is 10.5 Å². The normalized spacial score (nSPS) is 10.6. The fourth-order valence-electron chi connectivity index (χ4n) is 1.80. The summed E-state index contributed by atoms with van der Waals surface area (Å²) in [5, 5.41) is 17.3. The molecule has 0 aromatic heterocycles. The van der Waals surface area contributed by atoms with Gasteiger partial charge in [0.1, 0.15) is 12.1 Å². The maximum atomic E-state index is 8.67. The third-order valence-corrected chi connectivity index (χ3v) is 3.02. The Labute approximate surface area is 139 Å². The number of halogens is 2. The van der Waals surface area contributed by atoms with Crippen LogP contribution < -0.4 is 34.0 Å². The van der Waals surface area contributed by atoms with E-state index < -0.39 is 0 Å². The molecular weight excluding hydrogens is 372 g/mol. The van der Waals surface area contributed by atoms with E-state index in [1.807, 2.05) is 0 Å². The maximum Gasteiger partial charge on any atom is 0.166 e. The molecule has 0 heterocycles. The van der Waals surface area contributed by atoms with Crippen LogP contribution >= 0.6 is 0 Å². The summed E-state index contributed by atoms with van der Waals surface area (Å²) in [6.07, 6.45) is 3.49. The molecule has 0 bridgehead atoms. The Morgan fingerprint density at radius 3 is 1.26 bits per heavy atom. The van der Waals surface area contributed by atoms with E-state index in [0.29, 0.717) is 13.1 Å². The van der Waals surface area contributed by atoms with Crippen LogP contribution in [0.1, 0.15) is 19.3 Å². The van der Waals surface area contributed by atoms with Crippen LogP contribution in [0.3, 0.4) is 0 Å². The maximum absolute atomic E-state index is 8.67. The summed E-state index contributed by atoms with van der Waals surface area (Å²) in [7, 11) is 8.38. The SMILES string of the molecule is C[N+](C)(CC#N)CCCCC[N+](C)(C)CC#N.[Br-].[Br-]. The summed E-state index contributed by atoms with van der Waals surface area (Å²) in [4.78, 5) is 0. The second kappa shape index (κ2) is 11.7. The number of rotatable bonds is 8. The van der Waals surface area contributed by atoms with E-state index in [1.54, 1.807) is 0 Å². The molecule has 0 saturated carbocycles. The van der Waals surface area contributed by atoms with Crippen molar-refractivity contribution in [2.24, 2.45) is 0 Å². The summed E-state index contributed by atoms with van der Waals surface area (Å²) >= 11 is 0. The molecule has 0 rings (SSSR count). The molecule has 0 aliphatic rings. The summed E-state index contributed by atoms with van der Waals surface area (Å²) in [5.74, 6) is 0. The van der Waals surface area contributed by atoms with E-state index >= 15 is 0 Å². The molecule has 0 atom stereocenters. The van der Waals surface area contributed by atoms with Crippen LogP contribution in [0.4, 0.5) is 0 Å². The van der Waals surface area contributed by atoms with Crippen molar-refractivity contribution in [3.8, 4) is 12.1 Å². The predicted molar refractivity (Wildman–Crippen MR) is 68.8 cm³/mol. The summed E-state index contributed by atoms with van der Waals surface area (Å²) < 4.78 is 1.57. The fraction of sp³-hybridized carbons (Fsp3) is 0.846. The zero-order valence-corrected chi connectivity index (χ0v) is 15.7. The van der Waals surface area contributed by atoms with Crippen LogP contribution in [0.5, 0.6) is 0 Å². The minimum Gasteiger partial charge on any atom is -1.00 e. The van der Waals surface area contributed by atoms with Crippen molar-refractivity contribution in [1.29, 1.82) is 10.5 Å². The first-order valence-electron chi connectivity index (χ1n) is 6.21. The first-order valence-corrected chi connectivity index (χ1v) is 6.21. The smallest absolute Gasteiger partial charge is 0.166 e. The highest BCUT2D eigenvalue weighted by atomic mass is 79.9. The van der Waals surface area contributed by atoms with Crippen molar-refractivity contribution in [3.05, 3.63) is 0 Å². The van der Waals surface area contributed by atoms with E-state index in [2.05, 4.69) is 40.3 Å². The van der Waals surface area contributed by atoms with Crippen LogP contribution in [0.15, 0.2) is 0 Å². The van der Waals surface area contributed by atoms with Crippen molar-refractivity contribution >= 4 is 0 Å². The topological polar surface area (TPSA) is 47.6 Å². The molecule has 0 spiro atoms. The molecule has 112 valence electrons. The van der Waals surface area contributed by atoms with Gasteiger partial charge in [-0.05, 0) is 19.3 Å². The summed E-state index contributed by atoms with van der Waals surface area (Å²) in [6.45, 7) is 3.27. The zero-order valence-electron chi connectivity index (χ0n) is 12.5. The molecule has 0 amide bonds. The molecule has 0 aliphatic carbocycles. The summed E-state index contributed by atoms with van der Waals surface area (Å²) in [5.41, 5.74) is 0. The van der Waals surface area contributed by atoms with E-state index in [9.17, 15) is 0 Å². The highest BCUT2D eigenvalue weighted by Crippen LogP contribution is 2.06. The molecule has 0 fully saturated rings. The first-order chi connectivity index (χ1) is 7.83. The lowest BCUT2D eigenvalue weighted by atomic mass is 10.2. The third-order valence-electron chi connectivity index (χ3n) is 3.02. The third kappa shape index (κ3) is 14.1. The quantitative estimate of drug-likeness (QED) is 0.235. The Bertz CT molecular complexity index is 273. The Balaban J connectivity index is -0.00000128. The van der Waals surface area contributed by atoms with Gasteiger partial charge in [0.05, 0.1) is 41.3 Å². The molecule has 19 heavy (non-hydrogen) atoms. The Morgan fingerprint density at radius 2 is 1.00 bits per heavy atom. The second-order valence-corrected chi connectivity index (χ2v) is 6.01. The lowest BCUT2D eigenvalue weighted by molar-refractivity contribution is -0.885. The van der Waals surface area contributed by atoms with Crippen LogP contribution in [0.2, 0.25) is 0 Å². The van der Waals surface area contributed by atoms with Crippen molar-refractivity contribution in [2.75, 3.05) is 54.4 Å². The largest absolute Gasteiger partial charge is 1.00 e. The Kier molecular flexibility index (Phi) is 14.7.